The molecule has 0 aliphatic carbocycles. The Labute approximate surface area is 107 Å². The molecule has 0 aliphatic heterocycles. The van der Waals surface area contributed by atoms with E-state index in [1.165, 1.54) is 0 Å². The molecule has 0 aliphatic rings. The van der Waals surface area contributed by atoms with Gasteiger partial charge in [0.25, 0.3) is 0 Å². The van der Waals surface area contributed by atoms with Gasteiger partial charge in [-0.25, -0.2) is 4.79 Å². The van der Waals surface area contributed by atoms with Gasteiger partial charge in [-0.3, -0.25) is 0 Å². The van der Waals surface area contributed by atoms with Crippen molar-refractivity contribution in [1.82, 2.24) is 0 Å². The van der Waals surface area contributed by atoms with Crippen molar-refractivity contribution in [3.63, 3.8) is 0 Å². The van der Waals surface area contributed by atoms with Crippen LogP contribution >= 0.6 is 0 Å². The lowest BCUT2D eigenvalue weighted by atomic mass is 10.1. The zero-order valence-electron chi connectivity index (χ0n) is 10.8. The van der Waals surface area contributed by atoms with Crippen LogP contribution in [0.15, 0.2) is 18.2 Å². The lowest BCUT2D eigenvalue weighted by Gasteiger charge is -2.18. The molecule has 0 spiro atoms. The summed E-state index contributed by atoms with van der Waals surface area (Å²) in [6.07, 6.45) is -0.500. The molecule has 18 heavy (non-hydrogen) atoms. The molecule has 1 unspecified atom stereocenters. The second-order valence-electron chi connectivity index (χ2n) is 4.05. The highest BCUT2D eigenvalue weighted by Gasteiger charge is 2.19. The van der Waals surface area contributed by atoms with Gasteiger partial charge in [-0.15, -0.1) is 0 Å². The monoisotopic (exact) mass is 253 g/mol. The molecular weight excluding hydrogens is 234 g/mol. The summed E-state index contributed by atoms with van der Waals surface area (Å²) in [7, 11) is 1.54. The van der Waals surface area contributed by atoms with Crippen LogP contribution in [-0.2, 0) is 4.79 Å². The maximum absolute atomic E-state index is 11.0. The second kappa shape index (κ2) is 6.26. The number of carboxylic acid groups (broad SMARTS) is 1. The SMILES string of the molecule is CCC(Oc1cc(OC)ccc1[C@@H](C)N)C(=O)O. The first kappa shape index (κ1) is 14.3. The normalized spacial score (nSPS) is 13.8. The van der Waals surface area contributed by atoms with Crippen LogP contribution in [0.2, 0.25) is 0 Å². The van der Waals surface area contributed by atoms with E-state index in [2.05, 4.69) is 0 Å². The Balaban J connectivity index is 3.07. The molecule has 0 saturated carbocycles. The molecule has 0 bridgehead atoms. The number of carboxylic acids is 1. The van der Waals surface area contributed by atoms with Gasteiger partial charge in [0.05, 0.1) is 7.11 Å². The van der Waals surface area contributed by atoms with Gasteiger partial charge < -0.3 is 20.3 Å². The van der Waals surface area contributed by atoms with Crippen LogP contribution in [0.1, 0.15) is 31.9 Å². The quantitative estimate of drug-likeness (QED) is 0.809. The highest BCUT2D eigenvalue weighted by Crippen LogP contribution is 2.29. The molecule has 1 rings (SSSR count). The Morgan fingerprint density at radius 2 is 2.17 bits per heavy atom. The first-order chi connectivity index (χ1) is 8.49. The van der Waals surface area contributed by atoms with E-state index in [4.69, 9.17) is 20.3 Å². The van der Waals surface area contributed by atoms with Crippen molar-refractivity contribution in [3.8, 4) is 11.5 Å². The number of ether oxygens (including phenoxy) is 2. The standard InChI is InChI=1S/C13H19NO4/c1-4-11(13(15)16)18-12-7-9(17-3)5-6-10(12)8(2)14/h5-8,11H,4,14H2,1-3H3,(H,15,16)/t8-,11?/m1/s1. The smallest absolute Gasteiger partial charge is 0.344 e. The molecule has 0 aromatic heterocycles. The maximum atomic E-state index is 11.0. The van der Waals surface area contributed by atoms with Gasteiger partial charge in [0.1, 0.15) is 11.5 Å². The van der Waals surface area contributed by atoms with Crippen LogP contribution in [0, 0.1) is 0 Å². The van der Waals surface area contributed by atoms with Gasteiger partial charge in [0, 0.05) is 17.7 Å². The Morgan fingerprint density at radius 1 is 1.50 bits per heavy atom. The summed E-state index contributed by atoms with van der Waals surface area (Å²) in [4.78, 5) is 11.0. The third-order valence-electron chi connectivity index (χ3n) is 2.63. The highest BCUT2D eigenvalue weighted by molar-refractivity contribution is 5.72. The lowest BCUT2D eigenvalue weighted by Crippen LogP contribution is -2.26. The zero-order chi connectivity index (χ0) is 13.7. The molecule has 100 valence electrons. The predicted molar refractivity (Wildman–Crippen MR) is 67.9 cm³/mol. The lowest BCUT2D eigenvalue weighted by molar-refractivity contribution is -0.145. The molecule has 0 amide bonds. The summed E-state index contributed by atoms with van der Waals surface area (Å²) in [5, 5.41) is 9.00. The molecule has 0 saturated heterocycles. The average molecular weight is 253 g/mol. The van der Waals surface area contributed by atoms with Crippen molar-refractivity contribution >= 4 is 5.97 Å². The summed E-state index contributed by atoms with van der Waals surface area (Å²) in [5.41, 5.74) is 6.59. The van der Waals surface area contributed by atoms with Gasteiger partial charge in [-0.05, 0) is 19.4 Å². The Kier molecular flexibility index (Phi) is 4.97. The Hall–Kier alpha value is -1.75. The summed E-state index contributed by atoms with van der Waals surface area (Å²) in [6, 6.07) is 4.97. The summed E-state index contributed by atoms with van der Waals surface area (Å²) >= 11 is 0. The minimum atomic E-state index is -0.990. The van der Waals surface area contributed by atoms with E-state index in [1.54, 1.807) is 32.2 Å². The van der Waals surface area contributed by atoms with Crippen molar-refractivity contribution in [3.05, 3.63) is 23.8 Å². The third kappa shape index (κ3) is 3.37. The van der Waals surface area contributed by atoms with Gasteiger partial charge in [-0.1, -0.05) is 13.0 Å². The molecule has 5 heteroatoms. The fourth-order valence-corrected chi connectivity index (χ4v) is 1.58. The average Bonchev–Trinajstić information content (AvgIpc) is 2.34. The van der Waals surface area contributed by atoms with Crippen LogP contribution in [-0.4, -0.2) is 24.3 Å². The number of hydrogen-bond donors (Lipinski definition) is 2. The number of aliphatic carboxylic acids is 1. The van der Waals surface area contributed by atoms with E-state index in [-0.39, 0.29) is 6.04 Å². The minimum Gasteiger partial charge on any atom is -0.497 e. The third-order valence-corrected chi connectivity index (χ3v) is 2.63. The first-order valence-corrected chi connectivity index (χ1v) is 5.82. The van der Waals surface area contributed by atoms with Crippen LogP contribution in [0.25, 0.3) is 0 Å². The van der Waals surface area contributed by atoms with E-state index in [0.717, 1.165) is 5.56 Å². The molecule has 1 aromatic rings. The summed E-state index contributed by atoms with van der Waals surface area (Å²) in [6.45, 7) is 3.57. The largest absolute Gasteiger partial charge is 0.497 e. The highest BCUT2D eigenvalue weighted by atomic mass is 16.5. The van der Waals surface area contributed by atoms with Crippen LogP contribution in [0.3, 0.4) is 0 Å². The first-order valence-electron chi connectivity index (χ1n) is 5.82. The number of rotatable bonds is 6. The number of carbonyl (C=O) groups is 1. The van der Waals surface area contributed by atoms with Crippen LogP contribution in [0.4, 0.5) is 0 Å². The van der Waals surface area contributed by atoms with Gasteiger partial charge in [0.2, 0.25) is 0 Å². The second-order valence-corrected chi connectivity index (χ2v) is 4.05. The molecule has 3 N–H and O–H groups in total. The van der Waals surface area contributed by atoms with E-state index < -0.39 is 12.1 Å². The van der Waals surface area contributed by atoms with Gasteiger partial charge in [0.15, 0.2) is 6.10 Å². The van der Waals surface area contributed by atoms with Crippen molar-refractivity contribution in [2.45, 2.75) is 32.4 Å². The summed E-state index contributed by atoms with van der Waals surface area (Å²) in [5.74, 6) is 0.0733. The fraction of sp³-hybridized carbons (Fsp3) is 0.462. The molecule has 2 atom stereocenters. The van der Waals surface area contributed by atoms with E-state index in [0.29, 0.717) is 17.9 Å². The number of methoxy groups -OCH3 is 1. The molecule has 5 nitrogen and oxygen atoms in total. The fourth-order valence-electron chi connectivity index (χ4n) is 1.58. The zero-order valence-corrected chi connectivity index (χ0v) is 10.8. The van der Waals surface area contributed by atoms with Crippen LogP contribution in [0.5, 0.6) is 11.5 Å². The Morgan fingerprint density at radius 3 is 2.61 bits per heavy atom. The van der Waals surface area contributed by atoms with Crippen molar-refractivity contribution in [1.29, 1.82) is 0 Å². The van der Waals surface area contributed by atoms with Crippen molar-refractivity contribution in [2.75, 3.05) is 7.11 Å². The van der Waals surface area contributed by atoms with Crippen molar-refractivity contribution < 1.29 is 19.4 Å². The maximum Gasteiger partial charge on any atom is 0.344 e. The van der Waals surface area contributed by atoms with E-state index in [9.17, 15) is 4.79 Å². The molecular formula is C13H19NO4. The molecule has 0 radical (unpaired) electrons. The van der Waals surface area contributed by atoms with Gasteiger partial charge >= 0.3 is 5.97 Å². The minimum absolute atomic E-state index is 0.239. The van der Waals surface area contributed by atoms with Crippen molar-refractivity contribution in [2.24, 2.45) is 5.73 Å². The summed E-state index contributed by atoms with van der Waals surface area (Å²) < 4.78 is 10.6. The molecule has 1 aromatic carbocycles. The Bertz CT molecular complexity index is 417. The van der Waals surface area contributed by atoms with Gasteiger partial charge in [-0.2, -0.15) is 0 Å². The molecule has 0 fully saturated rings. The van der Waals surface area contributed by atoms with E-state index in [1.807, 2.05) is 6.92 Å². The number of nitrogens with two attached hydrogens (primary N) is 1. The van der Waals surface area contributed by atoms with Crippen LogP contribution < -0.4 is 15.2 Å². The number of benzene rings is 1. The predicted octanol–water partition coefficient (Wildman–Crippen LogP) is 1.96. The van der Waals surface area contributed by atoms with E-state index >= 15 is 0 Å². The molecule has 0 heterocycles. The number of hydrogen-bond acceptors (Lipinski definition) is 4. The topological polar surface area (TPSA) is 81.8 Å².